The van der Waals surface area contributed by atoms with Crippen LogP contribution in [0.1, 0.15) is 23.9 Å². The molecule has 0 saturated carbocycles. The summed E-state index contributed by atoms with van der Waals surface area (Å²) in [7, 11) is 0. The van der Waals surface area contributed by atoms with Crippen molar-refractivity contribution in [2.24, 2.45) is 4.99 Å². The number of hydrogen-bond donors (Lipinski definition) is 2. The highest BCUT2D eigenvalue weighted by Crippen LogP contribution is 2.20. The van der Waals surface area contributed by atoms with Crippen molar-refractivity contribution in [1.29, 1.82) is 0 Å². The molecule has 0 atom stereocenters. The second-order valence-electron chi connectivity index (χ2n) is 7.11. The van der Waals surface area contributed by atoms with Gasteiger partial charge in [-0.2, -0.15) is 0 Å². The molecule has 4 aromatic rings. The second-order valence-corrected chi connectivity index (χ2v) is 7.11. The average Bonchev–Trinajstić information content (AvgIpc) is 3.47. The van der Waals surface area contributed by atoms with E-state index in [2.05, 4.69) is 32.7 Å². The lowest BCUT2D eigenvalue weighted by Crippen LogP contribution is -2.36. The summed E-state index contributed by atoms with van der Waals surface area (Å²) in [5, 5.41) is 10.6. The van der Waals surface area contributed by atoms with Crippen molar-refractivity contribution in [3.63, 3.8) is 0 Å². The van der Waals surface area contributed by atoms with E-state index in [9.17, 15) is 0 Å². The van der Waals surface area contributed by atoms with Crippen molar-refractivity contribution in [3.8, 4) is 22.8 Å². The van der Waals surface area contributed by atoms with Gasteiger partial charge >= 0.3 is 0 Å². The van der Waals surface area contributed by atoms with Crippen molar-refractivity contribution in [3.05, 3.63) is 83.9 Å². The van der Waals surface area contributed by atoms with E-state index in [4.69, 9.17) is 8.94 Å². The van der Waals surface area contributed by atoms with Gasteiger partial charge < -0.3 is 19.6 Å². The highest BCUT2D eigenvalue weighted by atomic mass is 16.5. The van der Waals surface area contributed by atoms with E-state index in [1.54, 1.807) is 6.26 Å². The molecule has 2 N–H and O–H groups in total. The Morgan fingerprint density at radius 2 is 1.77 bits per heavy atom. The highest BCUT2D eigenvalue weighted by molar-refractivity contribution is 5.79. The van der Waals surface area contributed by atoms with Gasteiger partial charge in [-0.15, -0.1) is 0 Å². The Labute approximate surface area is 181 Å². The molecule has 158 valence electrons. The van der Waals surface area contributed by atoms with Crippen molar-refractivity contribution >= 4 is 5.96 Å². The molecule has 2 heterocycles. The molecule has 0 amide bonds. The van der Waals surface area contributed by atoms with Gasteiger partial charge in [0.1, 0.15) is 17.7 Å². The van der Waals surface area contributed by atoms with Crippen molar-refractivity contribution in [2.45, 2.75) is 26.9 Å². The zero-order valence-corrected chi connectivity index (χ0v) is 17.6. The number of rotatable bonds is 7. The van der Waals surface area contributed by atoms with Crippen LogP contribution >= 0.6 is 0 Å². The summed E-state index contributed by atoms with van der Waals surface area (Å²) >= 11 is 0. The first-order valence-electron chi connectivity index (χ1n) is 10.3. The Balaban J connectivity index is 1.38. The summed E-state index contributed by atoms with van der Waals surface area (Å²) in [5.41, 5.74) is 4.71. The van der Waals surface area contributed by atoms with E-state index in [0.717, 1.165) is 34.8 Å². The first kappa shape index (κ1) is 20.4. The van der Waals surface area contributed by atoms with Gasteiger partial charge in [0.05, 0.1) is 13.1 Å². The third kappa shape index (κ3) is 5.39. The summed E-state index contributed by atoms with van der Waals surface area (Å²) < 4.78 is 11.1. The molecule has 0 bridgehead atoms. The highest BCUT2D eigenvalue weighted by Gasteiger charge is 2.09. The fourth-order valence-corrected chi connectivity index (χ4v) is 3.02. The molecule has 0 spiro atoms. The van der Waals surface area contributed by atoms with Gasteiger partial charge in [0.25, 0.3) is 0 Å². The Bertz CT molecular complexity index is 1130. The van der Waals surface area contributed by atoms with Gasteiger partial charge in [-0.05, 0) is 26.0 Å². The van der Waals surface area contributed by atoms with Crippen LogP contribution in [0, 0.1) is 6.92 Å². The summed E-state index contributed by atoms with van der Waals surface area (Å²) in [6.45, 7) is 5.71. The molecule has 0 radical (unpaired) electrons. The van der Waals surface area contributed by atoms with E-state index in [1.165, 1.54) is 5.56 Å². The topological polar surface area (TPSA) is 88.5 Å². The minimum atomic E-state index is 0.402. The maximum absolute atomic E-state index is 5.61. The maximum atomic E-state index is 5.61. The second kappa shape index (κ2) is 9.75. The number of nitrogens with zero attached hydrogens (tertiary/aromatic N) is 3. The van der Waals surface area contributed by atoms with E-state index in [0.29, 0.717) is 24.9 Å². The van der Waals surface area contributed by atoms with Crippen LogP contribution in [-0.2, 0) is 13.1 Å². The lowest BCUT2D eigenvalue weighted by atomic mass is 10.1. The number of guanidine groups is 1. The molecule has 7 nitrogen and oxygen atoms in total. The molecule has 0 fully saturated rings. The number of aliphatic imine (C=N–C) groups is 1. The van der Waals surface area contributed by atoms with Crippen LogP contribution in [0.2, 0.25) is 0 Å². The number of hydrogen-bond acceptors (Lipinski definition) is 5. The molecule has 2 aromatic heterocycles. The quantitative estimate of drug-likeness (QED) is 0.340. The van der Waals surface area contributed by atoms with Gasteiger partial charge in [-0.1, -0.05) is 53.2 Å². The summed E-state index contributed by atoms with van der Waals surface area (Å²) in [4.78, 5) is 9.14. The predicted octanol–water partition coefficient (Wildman–Crippen LogP) is 4.56. The number of benzene rings is 2. The molecule has 0 aliphatic rings. The zero-order chi connectivity index (χ0) is 21.5. The molecule has 0 aliphatic heterocycles. The lowest BCUT2D eigenvalue weighted by Gasteiger charge is -2.09. The first-order valence-corrected chi connectivity index (χ1v) is 10.3. The van der Waals surface area contributed by atoms with Crippen LogP contribution in [0.4, 0.5) is 0 Å². The van der Waals surface area contributed by atoms with Crippen LogP contribution < -0.4 is 10.6 Å². The SMILES string of the molecule is CCNC(=NCc1coc(-c2ccc(C)cc2)n1)NCc1cc(-c2ccccc2)on1. The van der Waals surface area contributed by atoms with Crippen LogP contribution in [-0.4, -0.2) is 22.6 Å². The lowest BCUT2D eigenvalue weighted by molar-refractivity contribution is 0.422. The number of aromatic nitrogens is 2. The first-order chi connectivity index (χ1) is 15.2. The summed E-state index contributed by atoms with van der Waals surface area (Å²) in [6, 6.07) is 19.9. The number of oxazole rings is 1. The fraction of sp³-hybridized carbons (Fsp3) is 0.208. The smallest absolute Gasteiger partial charge is 0.226 e. The van der Waals surface area contributed by atoms with Crippen molar-refractivity contribution < 1.29 is 8.94 Å². The van der Waals surface area contributed by atoms with E-state index >= 15 is 0 Å². The fourth-order valence-electron chi connectivity index (χ4n) is 3.02. The summed E-state index contributed by atoms with van der Waals surface area (Å²) in [6.07, 6.45) is 1.64. The molecule has 2 aromatic carbocycles. The number of aryl methyl sites for hydroxylation is 1. The van der Waals surface area contributed by atoms with E-state index in [-0.39, 0.29) is 0 Å². The van der Waals surface area contributed by atoms with Gasteiger partial charge in [-0.25, -0.2) is 9.98 Å². The molecule has 31 heavy (non-hydrogen) atoms. The Hall–Kier alpha value is -3.87. The van der Waals surface area contributed by atoms with Crippen LogP contribution in [0.25, 0.3) is 22.8 Å². The van der Waals surface area contributed by atoms with Gasteiger partial charge in [0.15, 0.2) is 11.7 Å². The maximum Gasteiger partial charge on any atom is 0.226 e. The third-order valence-corrected chi connectivity index (χ3v) is 4.65. The van der Waals surface area contributed by atoms with Crippen molar-refractivity contribution in [1.82, 2.24) is 20.8 Å². The Kier molecular flexibility index (Phi) is 6.42. The normalized spacial score (nSPS) is 11.5. The Morgan fingerprint density at radius 3 is 2.55 bits per heavy atom. The minimum Gasteiger partial charge on any atom is -0.444 e. The average molecular weight is 415 g/mol. The Morgan fingerprint density at radius 1 is 0.968 bits per heavy atom. The van der Waals surface area contributed by atoms with Gasteiger partial charge in [0, 0.05) is 23.7 Å². The largest absolute Gasteiger partial charge is 0.444 e. The van der Waals surface area contributed by atoms with Crippen molar-refractivity contribution in [2.75, 3.05) is 6.54 Å². The monoisotopic (exact) mass is 415 g/mol. The number of nitrogens with one attached hydrogen (secondary N) is 2. The predicted molar refractivity (Wildman–Crippen MR) is 120 cm³/mol. The van der Waals surface area contributed by atoms with Gasteiger partial charge in [-0.3, -0.25) is 0 Å². The molecule has 0 unspecified atom stereocenters. The molecule has 7 heteroatoms. The molecular weight excluding hydrogens is 390 g/mol. The van der Waals surface area contributed by atoms with Crippen LogP contribution in [0.5, 0.6) is 0 Å². The molecule has 0 saturated heterocycles. The molecular formula is C24H25N5O2. The standard InChI is InChI=1S/C24H25N5O2/c1-3-25-24(26-14-20-13-22(31-29-20)18-7-5-4-6-8-18)27-15-21-16-30-23(28-21)19-11-9-17(2)10-12-19/h4-13,16H,3,14-15H2,1-2H3,(H2,25,26,27). The minimum absolute atomic E-state index is 0.402. The third-order valence-electron chi connectivity index (χ3n) is 4.65. The van der Waals surface area contributed by atoms with E-state index in [1.807, 2.05) is 67.6 Å². The van der Waals surface area contributed by atoms with Crippen LogP contribution in [0.3, 0.4) is 0 Å². The molecule has 0 aliphatic carbocycles. The van der Waals surface area contributed by atoms with Gasteiger partial charge in [0.2, 0.25) is 5.89 Å². The molecule has 4 rings (SSSR count). The van der Waals surface area contributed by atoms with E-state index < -0.39 is 0 Å². The summed E-state index contributed by atoms with van der Waals surface area (Å²) in [5.74, 6) is 2.01. The van der Waals surface area contributed by atoms with Crippen LogP contribution in [0.15, 0.2) is 80.9 Å². The zero-order valence-electron chi connectivity index (χ0n) is 17.6.